The Hall–Kier alpha value is -1.33. The van der Waals surface area contributed by atoms with Crippen molar-refractivity contribution in [3.63, 3.8) is 0 Å². The van der Waals surface area contributed by atoms with Crippen molar-refractivity contribution in [3.05, 3.63) is 23.0 Å². The summed E-state index contributed by atoms with van der Waals surface area (Å²) in [6.07, 6.45) is 2.50. The topological polar surface area (TPSA) is 33.2 Å². The molecule has 1 N–H and O–H groups in total. The number of H-pyrrole nitrogens is 1. The molecule has 2 heterocycles. The van der Waals surface area contributed by atoms with Gasteiger partial charge in [0, 0.05) is 12.6 Å². The zero-order chi connectivity index (χ0) is 14.1. The summed E-state index contributed by atoms with van der Waals surface area (Å²) in [5.74, 6) is 1.58. The molecular formula is C15H21N3OS. The SMILES string of the molecule is COc1ccc2c(c1)[nH]c(=S)n2CC1CCN(C)CC1. The maximum Gasteiger partial charge on any atom is 0.178 e. The maximum atomic E-state index is 5.48. The second-order valence-corrected chi connectivity index (χ2v) is 6.06. The minimum absolute atomic E-state index is 0.721. The van der Waals surface area contributed by atoms with Crippen LogP contribution in [-0.4, -0.2) is 41.7 Å². The number of rotatable bonds is 3. The van der Waals surface area contributed by atoms with Crippen LogP contribution in [-0.2, 0) is 6.54 Å². The monoisotopic (exact) mass is 291 g/mol. The van der Waals surface area contributed by atoms with Crippen molar-refractivity contribution in [2.75, 3.05) is 27.2 Å². The number of hydrogen-bond acceptors (Lipinski definition) is 3. The first kappa shape index (κ1) is 13.6. The summed E-state index contributed by atoms with van der Waals surface area (Å²) in [4.78, 5) is 5.69. The van der Waals surface area contributed by atoms with E-state index in [1.807, 2.05) is 12.1 Å². The van der Waals surface area contributed by atoms with E-state index in [4.69, 9.17) is 17.0 Å². The second-order valence-electron chi connectivity index (χ2n) is 5.67. The number of hydrogen-bond donors (Lipinski definition) is 1. The predicted molar refractivity (Wildman–Crippen MR) is 83.9 cm³/mol. The minimum atomic E-state index is 0.721. The van der Waals surface area contributed by atoms with Crippen LogP contribution in [0, 0.1) is 10.7 Å². The average Bonchev–Trinajstić information content (AvgIpc) is 2.76. The number of aromatic amines is 1. The van der Waals surface area contributed by atoms with Gasteiger partial charge in [-0.3, -0.25) is 0 Å². The molecule has 0 unspecified atom stereocenters. The molecule has 0 radical (unpaired) electrons. The molecule has 1 saturated heterocycles. The third-order valence-electron chi connectivity index (χ3n) is 4.26. The molecule has 0 aliphatic carbocycles. The number of imidazole rings is 1. The summed E-state index contributed by atoms with van der Waals surface area (Å²) in [6, 6.07) is 6.10. The number of aromatic nitrogens is 2. The first-order valence-electron chi connectivity index (χ1n) is 7.12. The van der Waals surface area contributed by atoms with Crippen LogP contribution in [0.3, 0.4) is 0 Å². The molecule has 3 rings (SSSR count). The summed E-state index contributed by atoms with van der Waals surface area (Å²) in [5, 5.41) is 0. The molecule has 1 fully saturated rings. The zero-order valence-corrected chi connectivity index (χ0v) is 12.9. The van der Waals surface area contributed by atoms with Gasteiger partial charge in [-0.15, -0.1) is 0 Å². The predicted octanol–water partition coefficient (Wildman–Crippen LogP) is 3.05. The fraction of sp³-hybridized carbons (Fsp3) is 0.533. The van der Waals surface area contributed by atoms with Crippen LogP contribution in [0.4, 0.5) is 0 Å². The van der Waals surface area contributed by atoms with E-state index in [1.54, 1.807) is 7.11 Å². The largest absolute Gasteiger partial charge is 0.497 e. The van der Waals surface area contributed by atoms with Crippen LogP contribution in [0.15, 0.2) is 18.2 Å². The van der Waals surface area contributed by atoms with Crippen LogP contribution in [0.5, 0.6) is 5.75 Å². The first-order valence-corrected chi connectivity index (χ1v) is 7.53. The van der Waals surface area contributed by atoms with Gasteiger partial charge < -0.3 is 19.2 Å². The molecule has 4 nitrogen and oxygen atoms in total. The van der Waals surface area contributed by atoms with Crippen molar-refractivity contribution in [1.29, 1.82) is 0 Å². The normalized spacial score (nSPS) is 17.7. The van der Waals surface area contributed by atoms with E-state index in [1.165, 1.54) is 31.4 Å². The Morgan fingerprint density at radius 1 is 1.35 bits per heavy atom. The van der Waals surface area contributed by atoms with Gasteiger partial charge in [-0.2, -0.15) is 0 Å². The molecule has 1 aromatic heterocycles. The molecule has 0 bridgehead atoms. The number of nitrogens with one attached hydrogen (secondary N) is 1. The first-order chi connectivity index (χ1) is 9.67. The van der Waals surface area contributed by atoms with E-state index in [-0.39, 0.29) is 0 Å². The Kier molecular flexibility index (Phi) is 3.81. The summed E-state index contributed by atoms with van der Waals surface area (Å²) in [6.45, 7) is 3.39. The fourth-order valence-electron chi connectivity index (χ4n) is 2.95. The van der Waals surface area contributed by atoms with Crippen LogP contribution in [0.1, 0.15) is 12.8 Å². The van der Waals surface area contributed by atoms with Crippen LogP contribution >= 0.6 is 12.2 Å². The Bertz CT molecular complexity index is 653. The summed E-state index contributed by atoms with van der Waals surface area (Å²) >= 11 is 5.48. The van der Waals surface area contributed by atoms with Gasteiger partial charge >= 0.3 is 0 Å². The molecular weight excluding hydrogens is 270 g/mol. The highest BCUT2D eigenvalue weighted by Crippen LogP contribution is 2.24. The lowest BCUT2D eigenvalue weighted by molar-refractivity contribution is 0.206. The van der Waals surface area contributed by atoms with Gasteiger partial charge in [-0.05, 0) is 63.2 Å². The minimum Gasteiger partial charge on any atom is -0.497 e. The third-order valence-corrected chi connectivity index (χ3v) is 4.58. The highest BCUT2D eigenvalue weighted by atomic mass is 32.1. The molecule has 1 aromatic carbocycles. The van der Waals surface area contributed by atoms with Gasteiger partial charge in [0.15, 0.2) is 4.77 Å². The molecule has 0 spiro atoms. The molecule has 1 aliphatic heterocycles. The summed E-state index contributed by atoms with van der Waals surface area (Å²) < 4.78 is 8.31. The molecule has 5 heteroatoms. The third kappa shape index (κ3) is 2.60. The van der Waals surface area contributed by atoms with Gasteiger partial charge in [0.25, 0.3) is 0 Å². The van der Waals surface area contributed by atoms with E-state index in [2.05, 4.69) is 27.6 Å². The van der Waals surface area contributed by atoms with Crippen molar-refractivity contribution >= 4 is 23.3 Å². The van der Waals surface area contributed by atoms with Crippen molar-refractivity contribution in [2.24, 2.45) is 5.92 Å². The maximum absolute atomic E-state index is 5.48. The standard InChI is InChI=1S/C15H21N3OS/c1-17-7-5-11(6-8-17)10-18-14-4-3-12(19-2)9-13(14)16-15(18)20/h3-4,9,11H,5-8,10H2,1-2H3,(H,16,20). The van der Waals surface area contributed by atoms with Crippen LogP contribution in [0.2, 0.25) is 0 Å². The number of piperidine rings is 1. The van der Waals surface area contributed by atoms with E-state index < -0.39 is 0 Å². The second kappa shape index (κ2) is 5.58. The summed E-state index contributed by atoms with van der Waals surface area (Å²) in [7, 11) is 3.88. The van der Waals surface area contributed by atoms with Crippen molar-refractivity contribution in [3.8, 4) is 5.75 Å². The highest BCUT2D eigenvalue weighted by Gasteiger charge is 2.18. The molecule has 20 heavy (non-hydrogen) atoms. The lowest BCUT2D eigenvalue weighted by Crippen LogP contribution is -2.31. The Balaban J connectivity index is 1.87. The number of benzene rings is 1. The van der Waals surface area contributed by atoms with Gasteiger partial charge in [0.05, 0.1) is 18.1 Å². The number of methoxy groups -OCH3 is 1. The van der Waals surface area contributed by atoms with Gasteiger partial charge in [0.2, 0.25) is 0 Å². The Morgan fingerprint density at radius 3 is 2.80 bits per heavy atom. The summed E-state index contributed by atoms with van der Waals surface area (Å²) in [5.41, 5.74) is 2.23. The van der Waals surface area contributed by atoms with Crippen molar-refractivity contribution < 1.29 is 4.74 Å². The number of fused-ring (bicyclic) bond motifs is 1. The van der Waals surface area contributed by atoms with E-state index >= 15 is 0 Å². The number of likely N-dealkylation sites (tertiary alicyclic amines) is 1. The van der Waals surface area contributed by atoms with Crippen LogP contribution in [0.25, 0.3) is 11.0 Å². The molecule has 1 aliphatic rings. The molecule has 0 saturated carbocycles. The molecule has 108 valence electrons. The Labute approximate surface area is 124 Å². The van der Waals surface area contributed by atoms with Gasteiger partial charge in [0.1, 0.15) is 5.75 Å². The number of nitrogens with zero attached hydrogens (tertiary/aromatic N) is 2. The smallest absolute Gasteiger partial charge is 0.178 e. The zero-order valence-electron chi connectivity index (χ0n) is 12.1. The highest BCUT2D eigenvalue weighted by molar-refractivity contribution is 7.71. The lowest BCUT2D eigenvalue weighted by Gasteiger charge is -2.29. The van der Waals surface area contributed by atoms with Crippen molar-refractivity contribution in [1.82, 2.24) is 14.5 Å². The van der Waals surface area contributed by atoms with Gasteiger partial charge in [-0.25, -0.2) is 0 Å². The van der Waals surface area contributed by atoms with Crippen molar-refractivity contribution in [2.45, 2.75) is 19.4 Å². The van der Waals surface area contributed by atoms with E-state index in [0.29, 0.717) is 0 Å². The number of ether oxygens (including phenoxy) is 1. The quantitative estimate of drug-likeness (QED) is 0.882. The molecule has 0 atom stereocenters. The molecule has 0 amide bonds. The lowest BCUT2D eigenvalue weighted by atomic mass is 9.97. The average molecular weight is 291 g/mol. The Morgan fingerprint density at radius 2 is 2.10 bits per heavy atom. The van der Waals surface area contributed by atoms with E-state index in [9.17, 15) is 0 Å². The van der Waals surface area contributed by atoms with Crippen LogP contribution < -0.4 is 4.74 Å². The van der Waals surface area contributed by atoms with Gasteiger partial charge in [-0.1, -0.05) is 0 Å². The fourth-order valence-corrected chi connectivity index (χ4v) is 3.24. The van der Waals surface area contributed by atoms with E-state index in [0.717, 1.165) is 28.5 Å². The molecule has 2 aromatic rings.